The minimum absolute atomic E-state index is 0.290. The zero-order valence-electron chi connectivity index (χ0n) is 9.66. The Morgan fingerprint density at radius 3 is 2.44 bits per heavy atom. The second-order valence-corrected chi connectivity index (χ2v) is 5.64. The average Bonchev–Trinajstić information content (AvgIpc) is 2.69. The lowest BCUT2D eigenvalue weighted by Gasteiger charge is -2.02. The van der Waals surface area contributed by atoms with Gasteiger partial charge in [-0.15, -0.1) is 11.3 Å². The molecule has 0 fully saturated rings. The maximum absolute atomic E-state index is 11.6. The second-order valence-electron chi connectivity index (χ2n) is 3.56. The zero-order chi connectivity index (χ0) is 13.3. The highest BCUT2D eigenvalue weighted by molar-refractivity contribution is 7.15. The van der Waals surface area contributed by atoms with Crippen LogP contribution in [0.25, 0.3) is 10.4 Å². The number of benzene rings is 1. The Hall–Kier alpha value is -1.10. The lowest BCUT2D eigenvalue weighted by molar-refractivity contribution is 0.0595. The normalized spacial score (nSPS) is 10.4. The van der Waals surface area contributed by atoms with Crippen LogP contribution < -0.4 is 0 Å². The van der Waals surface area contributed by atoms with Gasteiger partial charge < -0.3 is 4.74 Å². The molecule has 2 rings (SSSR count). The number of esters is 1. The second kappa shape index (κ2) is 5.26. The molecule has 1 aromatic heterocycles. The van der Waals surface area contributed by atoms with E-state index in [0.29, 0.717) is 20.6 Å². The van der Waals surface area contributed by atoms with Crippen LogP contribution in [0.4, 0.5) is 0 Å². The molecule has 0 bridgehead atoms. The Morgan fingerprint density at radius 1 is 1.28 bits per heavy atom. The van der Waals surface area contributed by atoms with Gasteiger partial charge in [0.15, 0.2) is 5.69 Å². The first kappa shape index (κ1) is 13.3. The molecular weight excluding hydrogens is 293 g/mol. The Bertz CT molecular complexity index is 590. The number of hydrogen-bond acceptors (Lipinski definition) is 4. The standard InChI is InChI=1S/C12H9Cl2NO2S/c1-6-15-10(12(16)17-2)11(18-6)7-3-8(13)5-9(14)4-7/h3-5H,1-2H3. The van der Waals surface area contributed by atoms with E-state index in [2.05, 4.69) is 4.98 Å². The molecule has 0 radical (unpaired) electrons. The summed E-state index contributed by atoms with van der Waals surface area (Å²) in [4.78, 5) is 16.5. The molecule has 0 aliphatic heterocycles. The molecule has 0 atom stereocenters. The number of aromatic nitrogens is 1. The Kier molecular flexibility index (Phi) is 3.90. The topological polar surface area (TPSA) is 39.2 Å². The quantitative estimate of drug-likeness (QED) is 0.780. The van der Waals surface area contributed by atoms with Gasteiger partial charge in [0.25, 0.3) is 0 Å². The number of rotatable bonds is 2. The minimum Gasteiger partial charge on any atom is -0.464 e. The molecule has 0 N–H and O–H groups in total. The van der Waals surface area contributed by atoms with E-state index in [1.165, 1.54) is 18.4 Å². The van der Waals surface area contributed by atoms with Gasteiger partial charge in [-0.3, -0.25) is 0 Å². The highest BCUT2D eigenvalue weighted by Gasteiger charge is 2.19. The van der Waals surface area contributed by atoms with Crippen LogP contribution in [-0.2, 0) is 4.74 Å². The van der Waals surface area contributed by atoms with Gasteiger partial charge in [-0.2, -0.15) is 0 Å². The van der Waals surface area contributed by atoms with E-state index >= 15 is 0 Å². The van der Waals surface area contributed by atoms with Crippen molar-refractivity contribution in [2.75, 3.05) is 7.11 Å². The summed E-state index contributed by atoms with van der Waals surface area (Å²) >= 11 is 13.3. The summed E-state index contributed by atoms with van der Waals surface area (Å²) in [5.41, 5.74) is 1.05. The summed E-state index contributed by atoms with van der Waals surface area (Å²) in [5.74, 6) is -0.467. The van der Waals surface area contributed by atoms with Crippen molar-refractivity contribution >= 4 is 40.5 Å². The predicted molar refractivity (Wildman–Crippen MR) is 73.6 cm³/mol. The van der Waals surface area contributed by atoms with Gasteiger partial charge in [0.2, 0.25) is 0 Å². The molecular formula is C12H9Cl2NO2S. The van der Waals surface area contributed by atoms with Crippen molar-refractivity contribution in [3.63, 3.8) is 0 Å². The fourth-order valence-electron chi connectivity index (χ4n) is 1.54. The molecule has 0 aliphatic rings. The maximum atomic E-state index is 11.6. The van der Waals surface area contributed by atoms with Gasteiger partial charge in [-0.05, 0) is 30.7 Å². The number of thiazole rings is 1. The van der Waals surface area contributed by atoms with Crippen LogP contribution in [0.3, 0.4) is 0 Å². The molecule has 6 heteroatoms. The van der Waals surface area contributed by atoms with Crippen molar-refractivity contribution < 1.29 is 9.53 Å². The summed E-state index contributed by atoms with van der Waals surface area (Å²) in [6.45, 7) is 1.83. The van der Waals surface area contributed by atoms with Gasteiger partial charge >= 0.3 is 5.97 Å². The Morgan fingerprint density at radius 2 is 1.89 bits per heavy atom. The molecule has 3 nitrogen and oxygen atoms in total. The molecule has 1 aromatic carbocycles. The Labute approximate surface area is 118 Å². The third-order valence-corrected chi connectivity index (χ3v) is 3.69. The van der Waals surface area contributed by atoms with E-state index in [9.17, 15) is 4.79 Å². The largest absolute Gasteiger partial charge is 0.464 e. The maximum Gasteiger partial charge on any atom is 0.358 e. The van der Waals surface area contributed by atoms with Crippen LogP contribution in [0.1, 0.15) is 15.5 Å². The van der Waals surface area contributed by atoms with E-state index in [-0.39, 0.29) is 0 Å². The monoisotopic (exact) mass is 301 g/mol. The molecule has 2 aromatic rings. The molecule has 0 aliphatic carbocycles. The number of nitrogens with zero attached hydrogens (tertiary/aromatic N) is 1. The van der Waals surface area contributed by atoms with E-state index in [4.69, 9.17) is 27.9 Å². The summed E-state index contributed by atoms with van der Waals surface area (Å²) in [6.07, 6.45) is 0. The van der Waals surface area contributed by atoms with Crippen LogP contribution in [0.15, 0.2) is 18.2 Å². The lowest BCUT2D eigenvalue weighted by atomic mass is 10.1. The van der Waals surface area contributed by atoms with Crippen LogP contribution in [0.2, 0.25) is 10.0 Å². The Balaban J connectivity index is 2.59. The van der Waals surface area contributed by atoms with Crippen molar-refractivity contribution in [2.45, 2.75) is 6.92 Å². The van der Waals surface area contributed by atoms with Crippen molar-refractivity contribution in [1.82, 2.24) is 4.98 Å². The van der Waals surface area contributed by atoms with E-state index in [1.54, 1.807) is 18.2 Å². The number of hydrogen-bond donors (Lipinski definition) is 0. The minimum atomic E-state index is -0.467. The number of carbonyl (C=O) groups excluding carboxylic acids is 1. The highest BCUT2D eigenvalue weighted by Crippen LogP contribution is 2.34. The third-order valence-electron chi connectivity index (χ3n) is 2.24. The number of aryl methyl sites for hydroxylation is 1. The van der Waals surface area contributed by atoms with Gasteiger partial charge in [0.1, 0.15) is 0 Å². The molecule has 1 heterocycles. The van der Waals surface area contributed by atoms with E-state index in [1.807, 2.05) is 6.92 Å². The van der Waals surface area contributed by atoms with Crippen molar-refractivity contribution in [3.8, 4) is 10.4 Å². The molecule has 0 amide bonds. The number of ether oxygens (including phenoxy) is 1. The van der Waals surface area contributed by atoms with Crippen LogP contribution in [0, 0.1) is 6.92 Å². The summed E-state index contributed by atoms with van der Waals surface area (Å²) < 4.78 is 4.71. The number of halogens is 2. The summed E-state index contributed by atoms with van der Waals surface area (Å²) in [6, 6.07) is 5.12. The number of carbonyl (C=O) groups is 1. The zero-order valence-corrected chi connectivity index (χ0v) is 12.0. The summed E-state index contributed by atoms with van der Waals surface area (Å²) in [5, 5.41) is 1.81. The van der Waals surface area contributed by atoms with Crippen LogP contribution in [0.5, 0.6) is 0 Å². The van der Waals surface area contributed by atoms with Gasteiger partial charge in [0, 0.05) is 10.0 Å². The molecule has 94 valence electrons. The highest BCUT2D eigenvalue weighted by atomic mass is 35.5. The molecule has 0 unspecified atom stereocenters. The summed E-state index contributed by atoms with van der Waals surface area (Å²) in [7, 11) is 1.33. The molecule has 0 saturated heterocycles. The van der Waals surface area contributed by atoms with E-state index in [0.717, 1.165) is 10.6 Å². The predicted octanol–water partition coefficient (Wildman–Crippen LogP) is 4.21. The van der Waals surface area contributed by atoms with Gasteiger partial charge in [-0.1, -0.05) is 23.2 Å². The first-order valence-electron chi connectivity index (χ1n) is 5.03. The fourth-order valence-corrected chi connectivity index (χ4v) is 2.96. The van der Waals surface area contributed by atoms with Crippen molar-refractivity contribution in [3.05, 3.63) is 38.9 Å². The molecule has 0 spiro atoms. The van der Waals surface area contributed by atoms with Crippen LogP contribution >= 0.6 is 34.5 Å². The first-order chi connectivity index (χ1) is 8.51. The smallest absolute Gasteiger partial charge is 0.358 e. The van der Waals surface area contributed by atoms with E-state index < -0.39 is 5.97 Å². The average molecular weight is 302 g/mol. The lowest BCUT2D eigenvalue weighted by Crippen LogP contribution is -2.03. The fraction of sp³-hybridized carbons (Fsp3) is 0.167. The van der Waals surface area contributed by atoms with Gasteiger partial charge in [0.05, 0.1) is 17.0 Å². The van der Waals surface area contributed by atoms with Crippen molar-refractivity contribution in [1.29, 1.82) is 0 Å². The van der Waals surface area contributed by atoms with Crippen molar-refractivity contribution in [2.24, 2.45) is 0 Å². The molecule has 0 saturated carbocycles. The number of methoxy groups -OCH3 is 1. The van der Waals surface area contributed by atoms with Gasteiger partial charge in [-0.25, -0.2) is 9.78 Å². The SMILES string of the molecule is COC(=O)c1nc(C)sc1-c1cc(Cl)cc(Cl)c1. The third kappa shape index (κ3) is 2.66. The first-order valence-corrected chi connectivity index (χ1v) is 6.60. The molecule has 18 heavy (non-hydrogen) atoms. The van der Waals surface area contributed by atoms with Crippen LogP contribution in [-0.4, -0.2) is 18.1 Å².